The molecule has 4 amide bonds. The van der Waals surface area contributed by atoms with E-state index in [1.807, 2.05) is 6.92 Å². The molecule has 2 aromatic rings. The number of carbonyl (C=O) groups is 3. The summed E-state index contributed by atoms with van der Waals surface area (Å²) in [5.41, 5.74) is 1.67. The van der Waals surface area contributed by atoms with Gasteiger partial charge in [-0.15, -0.1) is 0 Å². The van der Waals surface area contributed by atoms with Gasteiger partial charge < -0.3 is 30.3 Å². The summed E-state index contributed by atoms with van der Waals surface area (Å²) in [5.74, 6) is -0.288. The molecule has 3 N–H and O–H groups in total. The van der Waals surface area contributed by atoms with E-state index in [4.69, 9.17) is 9.47 Å². The molecule has 36 heavy (non-hydrogen) atoms. The topological polar surface area (TPSA) is 109 Å². The highest BCUT2D eigenvalue weighted by Crippen LogP contribution is 2.32. The Bertz CT molecular complexity index is 1110. The number of ether oxygens (including phenoxy) is 2. The van der Waals surface area contributed by atoms with Crippen LogP contribution in [0.25, 0.3) is 0 Å². The minimum absolute atomic E-state index is 0.156. The third-order valence-electron chi connectivity index (χ3n) is 6.42. The first kappa shape index (κ1) is 25.4. The van der Waals surface area contributed by atoms with Crippen LogP contribution in [-0.2, 0) is 16.1 Å². The number of rotatable bonds is 6. The first-order chi connectivity index (χ1) is 17.3. The van der Waals surface area contributed by atoms with Crippen LogP contribution in [-0.4, -0.2) is 61.2 Å². The fourth-order valence-electron chi connectivity index (χ4n) is 4.52. The molecular formula is C26H31FN4O5. The predicted octanol–water partition coefficient (Wildman–Crippen LogP) is 3.05. The largest absolute Gasteiger partial charge is 0.490 e. The second kappa shape index (κ2) is 11.4. The van der Waals surface area contributed by atoms with Crippen LogP contribution >= 0.6 is 0 Å². The van der Waals surface area contributed by atoms with E-state index in [1.54, 1.807) is 42.3 Å². The van der Waals surface area contributed by atoms with Gasteiger partial charge in [0.2, 0.25) is 5.91 Å². The summed E-state index contributed by atoms with van der Waals surface area (Å²) < 4.78 is 25.2. The number of urea groups is 1. The van der Waals surface area contributed by atoms with Gasteiger partial charge in [0.1, 0.15) is 24.3 Å². The van der Waals surface area contributed by atoms with E-state index in [-0.39, 0.29) is 54.9 Å². The molecule has 2 aromatic carbocycles. The quantitative estimate of drug-likeness (QED) is 0.567. The Balaban J connectivity index is 1.37. The highest BCUT2D eigenvalue weighted by molar-refractivity contribution is 5.99. The zero-order valence-electron chi connectivity index (χ0n) is 20.4. The second-order valence-electron chi connectivity index (χ2n) is 8.97. The number of fused-ring (bicyclic) bond motifs is 2. The third kappa shape index (κ3) is 6.12. The number of halogens is 1. The molecule has 1 saturated heterocycles. The van der Waals surface area contributed by atoms with Crippen molar-refractivity contribution in [1.82, 2.24) is 15.5 Å². The average Bonchev–Trinajstić information content (AvgIpc) is 2.86. The van der Waals surface area contributed by atoms with Crippen molar-refractivity contribution in [3.8, 4) is 5.75 Å². The predicted molar refractivity (Wildman–Crippen MR) is 131 cm³/mol. The first-order valence-electron chi connectivity index (χ1n) is 12.1. The van der Waals surface area contributed by atoms with Crippen molar-refractivity contribution in [2.24, 2.45) is 0 Å². The molecule has 0 radical (unpaired) electrons. The standard InChI is InChI=1S/C26H31FN4O5/c1-3-28-26(34)30-18-8-11-22-20(12-18)25(33)31(2)21-10-9-19(36-23(21)15-35-22)13-24(32)29-14-16-4-6-17(27)7-5-16/h4-8,11-12,19,21,23H,3,9-10,13-15H2,1-2H3,(H,29,32)(H2,28,30,34)/t19-,21-,23-/m0/s1. The lowest BCUT2D eigenvalue weighted by Crippen LogP contribution is -2.53. The highest BCUT2D eigenvalue weighted by Gasteiger charge is 2.39. The van der Waals surface area contributed by atoms with Gasteiger partial charge in [-0.2, -0.15) is 0 Å². The van der Waals surface area contributed by atoms with E-state index in [0.717, 1.165) is 5.56 Å². The van der Waals surface area contributed by atoms with Gasteiger partial charge in [0.05, 0.1) is 24.1 Å². The van der Waals surface area contributed by atoms with Gasteiger partial charge in [-0.05, 0) is 55.7 Å². The fraction of sp³-hybridized carbons (Fsp3) is 0.423. The van der Waals surface area contributed by atoms with Crippen molar-refractivity contribution in [1.29, 1.82) is 0 Å². The minimum Gasteiger partial charge on any atom is -0.490 e. The van der Waals surface area contributed by atoms with Gasteiger partial charge in [-0.1, -0.05) is 12.1 Å². The van der Waals surface area contributed by atoms with Gasteiger partial charge in [-0.25, -0.2) is 9.18 Å². The summed E-state index contributed by atoms with van der Waals surface area (Å²) in [6.45, 7) is 2.85. The fourth-order valence-corrected chi connectivity index (χ4v) is 4.52. The Kier molecular flexibility index (Phi) is 8.04. The molecule has 0 spiro atoms. The van der Waals surface area contributed by atoms with Crippen molar-refractivity contribution in [3.05, 3.63) is 59.4 Å². The molecule has 9 nitrogen and oxygen atoms in total. The van der Waals surface area contributed by atoms with Gasteiger partial charge in [0, 0.05) is 25.8 Å². The smallest absolute Gasteiger partial charge is 0.319 e. The molecular weight excluding hydrogens is 467 g/mol. The maximum atomic E-state index is 13.3. The van der Waals surface area contributed by atoms with Crippen LogP contribution in [0.1, 0.15) is 42.1 Å². The summed E-state index contributed by atoms with van der Waals surface area (Å²) in [6, 6.07) is 10.4. The van der Waals surface area contributed by atoms with Gasteiger partial charge >= 0.3 is 6.03 Å². The zero-order valence-corrected chi connectivity index (χ0v) is 20.4. The number of hydrogen-bond acceptors (Lipinski definition) is 5. The number of amides is 4. The summed E-state index contributed by atoms with van der Waals surface area (Å²) in [6.07, 6.45) is 0.790. The van der Waals surface area contributed by atoms with E-state index in [1.165, 1.54) is 12.1 Å². The Morgan fingerprint density at radius 1 is 1.11 bits per heavy atom. The van der Waals surface area contributed by atoms with Crippen molar-refractivity contribution < 1.29 is 28.2 Å². The van der Waals surface area contributed by atoms with Crippen LogP contribution in [0.5, 0.6) is 5.75 Å². The molecule has 10 heteroatoms. The Morgan fingerprint density at radius 3 is 2.64 bits per heavy atom. The van der Waals surface area contributed by atoms with E-state index in [9.17, 15) is 18.8 Å². The second-order valence-corrected chi connectivity index (χ2v) is 8.97. The molecule has 0 bridgehead atoms. The van der Waals surface area contributed by atoms with Crippen LogP contribution in [0.3, 0.4) is 0 Å². The molecule has 192 valence electrons. The third-order valence-corrected chi connectivity index (χ3v) is 6.42. The summed E-state index contributed by atoms with van der Waals surface area (Å²) >= 11 is 0. The molecule has 0 aliphatic carbocycles. The number of anilines is 1. The van der Waals surface area contributed by atoms with Crippen molar-refractivity contribution >= 4 is 23.5 Å². The number of nitrogens with one attached hydrogen (secondary N) is 3. The minimum atomic E-state index is -0.385. The average molecular weight is 499 g/mol. The Morgan fingerprint density at radius 2 is 1.89 bits per heavy atom. The van der Waals surface area contributed by atoms with Crippen molar-refractivity contribution in [2.75, 3.05) is 25.5 Å². The van der Waals surface area contributed by atoms with Crippen LogP contribution in [0.15, 0.2) is 42.5 Å². The Labute approximate surface area is 209 Å². The van der Waals surface area contributed by atoms with Gasteiger partial charge in [0.15, 0.2) is 0 Å². The van der Waals surface area contributed by atoms with Crippen LogP contribution in [0.2, 0.25) is 0 Å². The molecule has 2 heterocycles. The first-order valence-corrected chi connectivity index (χ1v) is 12.1. The van der Waals surface area contributed by atoms with Crippen LogP contribution in [0, 0.1) is 5.82 Å². The zero-order chi connectivity index (χ0) is 25.7. The van der Waals surface area contributed by atoms with E-state index in [0.29, 0.717) is 42.9 Å². The lowest BCUT2D eigenvalue weighted by Gasteiger charge is -2.42. The van der Waals surface area contributed by atoms with Crippen LogP contribution < -0.4 is 20.7 Å². The molecule has 2 aliphatic heterocycles. The molecule has 3 atom stereocenters. The van der Waals surface area contributed by atoms with E-state index < -0.39 is 0 Å². The number of benzene rings is 2. The monoisotopic (exact) mass is 498 g/mol. The normalized spacial score (nSPS) is 21.2. The lowest BCUT2D eigenvalue weighted by atomic mass is 9.94. The molecule has 0 saturated carbocycles. The molecule has 0 aromatic heterocycles. The molecule has 2 aliphatic rings. The van der Waals surface area contributed by atoms with Gasteiger partial charge in [0.25, 0.3) is 5.91 Å². The number of carbonyl (C=O) groups excluding carboxylic acids is 3. The summed E-state index contributed by atoms with van der Waals surface area (Å²) in [4.78, 5) is 39.3. The van der Waals surface area contributed by atoms with E-state index in [2.05, 4.69) is 16.0 Å². The summed E-state index contributed by atoms with van der Waals surface area (Å²) in [7, 11) is 1.73. The number of hydrogen-bond donors (Lipinski definition) is 3. The molecule has 0 unspecified atom stereocenters. The SMILES string of the molecule is CCNC(=O)Nc1ccc2c(c1)C(=O)N(C)[C@H]1CC[C@@H](CC(=O)NCc3ccc(F)cc3)O[C@H]1CO2. The lowest BCUT2D eigenvalue weighted by molar-refractivity contribution is -0.134. The number of nitrogens with zero attached hydrogens (tertiary/aromatic N) is 1. The van der Waals surface area contributed by atoms with Crippen molar-refractivity contribution in [3.63, 3.8) is 0 Å². The maximum Gasteiger partial charge on any atom is 0.319 e. The highest BCUT2D eigenvalue weighted by atomic mass is 19.1. The van der Waals surface area contributed by atoms with Crippen molar-refractivity contribution in [2.45, 2.75) is 51.0 Å². The maximum absolute atomic E-state index is 13.3. The number of likely N-dealkylation sites (N-methyl/N-ethyl adjacent to an activating group) is 1. The molecule has 1 fully saturated rings. The van der Waals surface area contributed by atoms with Crippen LogP contribution in [0.4, 0.5) is 14.9 Å². The summed E-state index contributed by atoms with van der Waals surface area (Å²) in [5, 5.41) is 8.21. The van der Waals surface area contributed by atoms with E-state index >= 15 is 0 Å². The van der Waals surface area contributed by atoms with Gasteiger partial charge in [-0.3, -0.25) is 9.59 Å². The Hall–Kier alpha value is -3.66. The molecule has 4 rings (SSSR count).